The molecule has 3 rings (SSSR count). The van der Waals surface area contributed by atoms with Crippen molar-refractivity contribution >= 4 is 11.7 Å². The highest BCUT2D eigenvalue weighted by molar-refractivity contribution is 5.76. The number of nitrogens with zero attached hydrogens (tertiary/aromatic N) is 5. The summed E-state index contributed by atoms with van der Waals surface area (Å²) in [6.45, 7) is 9.02. The van der Waals surface area contributed by atoms with Crippen LogP contribution in [0.15, 0.2) is 0 Å². The summed E-state index contributed by atoms with van der Waals surface area (Å²) in [6, 6.07) is 0.421. The molecule has 1 amide bonds. The van der Waals surface area contributed by atoms with Gasteiger partial charge in [0.05, 0.1) is 25.5 Å². The van der Waals surface area contributed by atoms with Crippen LogP contribution in [0.1, 0.15) is 36.8 Å². The lowest BCUT2D eigenvalue weighted by Crippen LogP contribution is -2.43. The molecule has 0 saturated carbocycles. The molecule has 0 spiro atoms. The van der Waals surface area contributed by atoms with E-state index in [-0.39, 0.29) is 5.91 Å². The van der Waals surface area contributed by atoms with E-state index >= 15 is 0 Å². The molecule has 7 heteroatoms. The van der Waals surface area contributed by atoms with Crippen LogP contribution in [0.25, 0.3) is 0 Å². The Bertz CT molecular complexity index is 643. The Balaban J connectivity index is 1.59. The van der Waals surface area contributed by atoms with Crippen LogP contribution in [0.3, 0.4) is 0 Å². The van der Waals surface area contributed by atoms with Crippen molar-refractivity contribution in [3.63, 3.8) is 0 Å². The van der Waals surface area contributed by atoms with E-state index in [2.05, 4.69) is 21.8 Å². The van der Waals surface area contributed by atoms with E-state index in [1.807, 2.05) is 30.8 Å². The van der Waals surface area contributed by atoms with Gasteiger partial charge in [-0.1, -0.05) is 0 Å². The Morgan fingerprint density at radius 3 is 2.65 bits per heavy atom. The van der Waals surface area contributed by atoms with Gasteiger partial charge in [-0.05, 0) is 26.7 Å². The lowest BCUT2D eigenvalue weighted by atomic mass is 10.0. The summed E-state index contributed by atoms with van der Waals surface area (Å²) in [6.07, 6.45) is 2.32. The van der Waals surface area contributed by atoms with Crippen molar-refractivity contribution in [3.8, 4) is 0 Å². The second-order valence-corrected chi connectivity index (χ2v) is 7.52. The summed E-state index contributed by atoms with van der Waals surface area (Å²) in [7, 11) is 4.01. The SMILES string of the molecule is Cc1nc2c(c(N(C)C)n1)CCN(C(=O)CC[C@@H](C)N1CCOCC1)C2. The van der Waals surface area contributed by atoms with E-state index in [0.717, 1.165) is 63.0 Å². The molecule has 0 unspecified atom stereocenters. The molecule has 2 aliphatic rings. The fourth-order valence-corrected chi connectivity index (χ4v) is 3.81. The molecule has 1 fully saturated rings. The summed E-state index contributed by atoms with van der Waals surface area (Å²) in [5.41, 5.74) is 2.19. The van der Waals surface area contributed by atoms with Crippen LogP contribution >= 0.6 is 0 Å². The quantitative estimate of drug-likeness (QED) is 0.786. The standard InChI is InChI=1S/C19H31N5O2/c1-14(23-9-11-26-12-10-23)5-6-18(25)24-8-7-16-17(13-24)20-15(2)21-19(16)22(3)4/h14H,5-13H2,1-4H3/t14-/m1/s1. The molecule has 2 aliphatic heterocycles. The van der Waals surface area contributed by atoms with Crippen LogP contribution in [0.2, 0.25) is 0 Å². The Labute approximate surface area is 156 Å². The molecule has 1 aromatic rings. The first-order chi connectivity index (χ1) is 12.5. The number of hydrogen-bond acceptors (Lipinski definition) is 6. The van der Waals surface area contributed by atoms with Gasteiger partial charge < -0.3 is 14.5 Å². The van der Waals surface area contributed by atoms with Crippen molar-refractivity contribution in [3.05, 3.63) is 17.1 Å². The number of hydrogen-bond donors (Lipinski definition) is 0. The zero-order chi connectivity index (χ0) is 18.7. The smallest absolute Gasteiger partial charge is 0.222 e. The number of fused-ring (bicyclic) bond motifs is 1. The van der Waals surface area contributed by atoms with Gasteiger partial charge in [0.2, 0.25) is 5.91 Å². The van der Waals surface area contributed by atoms with Crippen LogP contribution in [0.4, 0.5) is 5.82 Å². The lowest BCUT2D eigenvalue weighted by molar-refractivity contribution is -0.132. The topological polar surface area (TPSA) is 61.8 Å². The van der Waals surface area contributed by atoms with Gasteiger partial charge in [-0.3, -0.25) is 9.69 Å². The molecule has 1 atom stereocenters. The summed E-state index contributed by atoms with van der Waals surface area (Å²) in [4.78, 5) is 28.3. The van der Waals surface area contributed by atoms with Gasteiger partial charge in [-0.15, -0.1) is 0 Å². The number of carbonyl (C=O) groups is 1. The third-order valence-corrected chi connectivity index (χ3v) is 5.38. The van der Waals surface area contributed by atoms with E-state index in [0.29, 0.717) is 19.0 Å². The monoisotopic (exact) mass is 361 g/mol. The van der Waals surface area contributed by atoms with E-state index in [9.17, 15) is 4.79 Å². The summed E-state index contributed by atoms with van der Waals surface area (Å²) >= 11 is 0. The predicted molar refractivity (Wildman–Crippen MR) is 101 cm³/mol. The third kappa shape index (κ3) is 4.32. The maximum atomic E-state index is 12.7. The normalized spacial score (nSPS) is 19.2. The van der Waals surface area contributed by atoms with Crippen molar-refractivity contribution in [2.45, 2.75) is 45.7 Å². The number of morpholine rings is 1. The molecule has 0 radical (unpaired) electrons. The second-order valence-electron chi connectivity index (χ2n) is 7.52. The fraction of sp³-hybridized carbons (Fsp3) is 0.737. The molecular weight excluding hydrogens is 330 g/mol. The van der Waals surface area contributed by atoms with E-state index in [4.69, 9.17) is 4.74 Å². The Hall–Kier alpha value is -1.73. The predicted octanol–water partition coefficient (Wildman–Crippen LogP) is 1.24. The zero-order valence-electron chi connectivity index (χ0n) is 16.5. The first-order valence-corrected chi connectivity index (χ1v) is 9.59. The molecule has 26 heavy (non-hydrogen) atoms. The van der Waals surface area contributed by atoms with Gasteiger partial charge in [0.15, 0.2) is 0 Å². The number of anilines is 1. The highest BCUT2D eigenvalue weighted by Gasteiger charge is 2.26. The molecule has 144 valence electrons. The minimum absolute atomic E-state index is 0.235. The van der Waals surface area contributed by atoms with E-state index in [1.54, 1.807) is 0 Å². The highest BCUT2D eigenvalue weighted by Crippen LogP contribution is 2.25. The maximum absolute atomic E-state index is 12.7. The number of ether oxygens (including phenoxy) is 1. The zero-order valence-corrected chi connectivity index (χ0v) is 16.5. The van der Waals surface area contributed by atoms with Gasteiger partial charge in [0.1, 0.15) is 11.6 Å². The Morgan fingerprint density at radius 2 is 1.96 bits per heavy atom. The van der Waals surface area contributed by atoms with Crippen LogP contribution < -0.4 is 4.90 Å². The highest BCUT2D eigenvalue weighted by atomic mass is 16.5. The summed E-state index contributed by atoms with van der Waals surface area (Å²) < 4.78 is 5.41. The van der Waals surface area contributed by atoms with Gasteiger partial charge >= 0.3 is 0 Å². The van der Waals surface area contributed by atoms with Crippen molar-refractivity contribution in [2.24, 2.45) is 0 Å². The average Bonchev–Trinajstić information content (AvgIpc) is 2.65. The first kappa shape index (κ1) is 19.0. The van der Waals surface area contributed by atoms with E-state index < -0.39 is 0 Å². The molecule has 0 aromatic carbocycles. The van der Waals surface area contributed by atoms with Crippen molar-refractivity contribution in [1.82, 2.24) is 19.8 Å². The molecule has 3 heterocycles. The van der Waals surface area contributed by atoms with Gasteiger partial charge in [0.25, 0.3) is 0 Å². The maximum Gasteiger partial charge on any atom is 0.222 e. The van der Waals surface area contributed by atoms with Crippen molar-refractivity contribution in [2.75, 3.05) is 51.8 Å². The number of aryl methyl sites for hydroxylation is 1. The largest absolute Gasteiger partial charge is 0.379 e. The molecule has 0 N–H and O–H groups in total. The van der Waals surface area contributed by atoms with Gasteiger partial charge in [0, 0.05) is 51.8 Å². The number of rotatable bonds is 5. The molecule has 0 aliphatic carbocycles. The minimum atomic E-state index is 0.235. The van der Waals surface area contributed by atoms with Crippen LogP contribution in [0, 0.1) is 6.92 Å². The summed E-state index contributed by atoms with van der Waals surface area (Å²) in [5, 5.41) is 0. The van der Waals surface area contributed by atoms with Crippen LogP contribution in [0.5, 0.6) is 0 Å². The van der Waals surface area contributed by atoms with Crippen molar-refractivity contribution < 1.29 is 9.53 Å². The Kier molecular flexibility index (Phi) is 6.09. The molecular formula is C19H31N5O2. The number of aromatic nitrogens is 2. The average molecular weight is 361 g/mol. The fourth-order valence-electron chi connectivity index (χ4n) is 3.81. The summed E-state index contributed by atoms with van der Waals surface area (Å²) in [5.74, 6) is 1.99. The van der Waals surface area contributed by atoms with Crippen LogP contribution in [-0.4, -0.2) is 78.7 Å². The number of carbonyl (C=O) groups excluding carboxylic acids is 1. The van der Waals surface area contributed by atoms with Gasteiger partial charge in [-0.2, -0.15) is 0 Å². The number of amides is 1. The second kappa shape index (κ2) is 8.31. The third-order valence-electron chi connectivity index (χ3n) is 5.38. The van der Waals surface area contributed by atoms with Gasteiger partial charge in [-0.25, -0.2) is 9.97 Å². The van der Waals surface area contributed by atoms with Crippen molar-refractivity contribution in [1.29, 1.82) is 0 Å². The van der Waals surface area contributed by atoms with Crippen LogP contribution in [-0.2, 0) is 22.5 Å². The Morgan fingerprint density at radius 1 is 1.23 bits per heavy atom. The molecule has 7 nitrogen and oxygen atoms in total. The molecule has 1 aromatic heterocycles. The minimum Gasteiger partial charge on any atom is -0.379 e. The lowest BCUT2D eigenvalue weighted by Gasteiger charge is -2.33. The molecule has 1 saturated heterocycles. The van der Waals surface area contributed by atoms with E-state index in [1.165, 1.54) is 5.56 Å². The molecule has 0 bridgehead atoms. The first-order valence-electron chi connectivity index (χ1n) is 9.59.